The minimum atomic E-state index is -1.58. The van der Waals surface area contributed by atoms with Crippen molar-refractivity contribution in [3.63, 3.8) is 0 Å². The summed E-state index contributed by atoms with van der Waals surface area (Å²) in [6.45, 7) is -0.0402. The summed E-state index contributed by atoms with van der Waals surface area (Å²) in [7, 11) is 0. The Morgan fingerprint density at radius 2 is 1.82 bits per heavy atom. The molecular formula is C23H23F2N5O3. The lowest BCUT2D eigenvalue weighted by Gasteiger charge is -2.36. The number of piperidine rings is 1. The molecule has 0 bridgehead atoms. The Bertz CT molecular complexity index is 1090. The molecule has 2 aromatic heterocycles. The summed E-state index contributed by atoms with van der Waals surface area (Å²) in [5.74, 6) is -0.390. The van der Waals surface area contributed by atoms with Crippen molar-refractivity contribution in [3.8, 4) is 0 Å². The van der Waals surface area contributed by atoms with Crippen LogP contribution in [0.4, 0.5) is 31.9 Å². The first-order chi connectivity index (χ1) is 15.9. The van der Waals surface area contributed by atoms with E-state index in [1.54, 1.807) is 29.4 Å². The third kappa shape index (κ3) is 5.58. The molecule has 0 amide bonds. The number of anilines is 4. The van der Waals surface area contributed by atoms with Crippen LogP contribution < -0.4 is 9.80 Å². The van der Waals surface area contributed by atoms with Gasteiger partial charge in [-0.2, -0.15) is 4.39 Å². The zero-order valence-electron chi connectivity index (χ0n) is 17.8. The predicted octanol–water partition coefficient (Wildman–Crippen LogP) is 3.89. The van der Waals surface area contributed by atoms with Gasteiger partial charge in [0.05, 0.1) is 19.0 Å². The number of alkyl halides is 1. The third-order valence-corrected chi connectivity index (χ3v) is 5.35. The molecule has 0 radical (unpaired) electrons. The van der Waals surface area contributed by atoms with Crippen LogP contribution in [0.5, 0.6) is 0 Å². The van der Waals surface area contributed by atoms with E-state index in [4.69, 9.17) is 14.8 Å². The van der Waals surface area contributed by atoms with Gasteiger partial charge >= 0.3 is 5.97 Å². The number of halogens is 2. The summed E-state index contributed by atoms with van der Waals surface area (Å²) in [6.07, 6.45) is 3.50. The SMILES string of the molecule is O=C(O)COCC1(F)CCN(c2cncc(N(c3ccccc3)c3cccc(F)n3)n2)CC1. The van der Waals surface area contributed by atoms with E-state index in [2.05, 4.69) is 9.97 Å². The summed E-state index contributed by atoms with van der Waals surface area (Å²) in [4.78, 5) is 27.2. The Morgan fingerprint density at radius 3 is 2.52 bits per heavy atom. The number of hydrogen-bond donors (Lipinski definition) is 1. The molecule has 8 nitrogen and oxygen atoms in total. The molecule has 0 atom stereocenters. The average Bonchev–Trinajstić information content (AvgIpc) is 2.80. The maximum Gasteiger partial charge on any atom is 0.329 e. The molecule has 1 aliphatic rings. The topological polar surface area (TPSA) is 91.7 Å². The van der Waals surface area contributed by atoms with Crippen molar-refractivity contribution >= 4 is 29.1 Å². The van der Waals surface area contributed by atoms with E-state index >= 15 is 0 Å². The van der Waals surface area contributed by atoms with Gasteiger partial charge in [0.15, 0.2) is 5.82 Å². The van der Waals surface area contributed by atoms with E-state index in [1.165, 1.54) is 6.07 Å². The predicted molar refractivity (Wildman–Crippen MR) is 118 cm³/mol. The van der Waals surface area contributed by atoms with Crippen LogP contribution in [-0.2, 0) is 9.53 Å². The van der Waals surface area contributed by atoms with E-state index in [0.29, 0.717) is 30.5 Å². The highest BCUT2D eigenvalue weighted by Gasteiger charge is 2.35. The van der Waals surface area contributed by atoms with Crippen molar-refractivity contribution in [1.29, 1.82) is 0 Å². The van der Waals surface area contributed by atoms with Gasteiger partial charge in [-0.1, -0.05) is 24.3 Å². The molecule has 3 heterocycles. The van der Waals surface area contributed by atoms with E-state index in [9.17, 15) is 13.6 Å². The summed E-state index contributed by atoms with van der Waals surface area (Å²) in [6, 6.07) is 13.8. The minimum Gasteiger partial charge on any atom is -0.480 e. The first-order valence-electron chi connectivity index (χ1n) is 10.5. The summed E-state index contributed by atoms with van der Waals surface area (Å²) in [5.41, 5.74) is -0.850. The van der Waals surface area contributed by atoms with Crippen molar-refractivity contribution in [2.24, 2.45) is 0 Å². The fourth-order valence-electron chi connectivity index (χ4n) is 3.69. The first kappa shape index (κ1) is 22.5. The number of carbonyl (C=O) groups is 1. The molecule has 0 saturated carbocycles. The smallest absolute Gasteiger partial charge is 0.329 e. The molecule has 1 fully saturated rings. The highest BCUT2D eigenvalue weighted by Crippen LogP contribution is 2.34. The molecule has 3 aromatic rings. The lowest BCUT2D eigenvalue weighted by atomic mass is 9.94. The summed E-state index contributed by atoms with van der Waals surface area (Å²) < 4.78 is 33.8. The lowest BCUT2D eigenvalue weighted by molar-refractivity contribution is -0.144. The van der Waals surface area contributed by atoms with Crippen molar-refractivity contribution < 1.29 is 23.4 Å². The zero-order valence-corrected chi connectivity index (χ0v) is 17.8. The van der Waals surface area contributed by atoms with Crippen LogP contribution in [0.15, 0.2) is 60.9 Å². The fourth-order valence-corrected chi connectivity index (χ4v) is 3.69. The maximum atomic E-state index is 15.0. The van der Waals surface area contributed by atoms with E-state index in [1.807, 2.05) is 35.2 Å². The number of aromatic nitrogens is 3. The molecule has 172 valence electrons. The van der Waals surface area contributed by atoms with Crippen LogP contribution in [-0.4, -0.2) is 58.0 Å². The molecule has 1 N–H and O–H groups in total. The zero-order chi connectivity index (χ0) is 23.3. The fraction of sp³-hybridized carbons (Fsp3) is 0.304. The molecule has 1 aliphatic heterocycles. The molecule has 1 aromatic carbocycles. The van der Waals surface area contributed by atoms with Crippen LogP contribution >= 0.6 is 0 Å². The highest BCUT2D eigenvalue weighted by atomic mass is 19.1. The summed E-state index contributed by atoms with van der Waals surface area (Å²) >= 11 is 0. The van der Waals surface area contributed by atoms with Gasteiger partial charge in [0, 0.05) is 31.6 Å². The molecule has 33 heavy (non-hydrogen) atoms. The number of carboxylic acid groups (broad SMARTS) is 1. The van der Waals surface area contributed by atoms with Crippen LogP contribution in [0.3, 0.4) is 0 Å². The van der Waals surface area contributed by atoms with Gasteiger partial charge in [0.1, 0.15) is 23.9 Å². The number of hydrogen-bond acceptors (Lipinski definition) is 7. The average molecular weight is 455 g/mol. The van der Waals surface area contributed by atoms with E-state index in [-0.39, 0.29) is 19.4 Å². The molecule has 10 heteroatoms. The van der Waals surface area contributed by atoms with Gasteiger partial charge in [-0.3, -0.25) is 9.88 Å². The number of rotatable bonds is 8. The first-order valence-corrected chi connectivity index (χ1v) is 10.5. The second-order valence-corrected chi connectivity index (χ2v) is 7.75. The van der Waals surface area contributed by atoms with Crippen molar-refractivity contribution in [3.05, 3.63) is 66.9 Å². The monoisotopic (exact) mass is 455 g/mol. The number of para-hydroxylation sites is 1. The van der Waals surface area contributed by atoms with Gasteiger partial charge in [0.25, 0.3) is 0 Å². The van der Waals surface area contributed by atoms with E-state index < -0.39 is 24.2 Å². The van der Waals surface area contributed by atoms with Crippen LogP contribution in [0, 0.1) is 5.95 Å². The maximum absolute atomic E-state index is 15.0. The number of carboxylic acids is 1. The van der Waals surface area contributed by atoms with Crippen LogP contribution in [0.1, 0.15) is 12.8 Å². The number of nitrogens with zero attached hydrogens (tertiary/aromatic N) is 5. The van der Waals surface area contributed by atoms with Gasteiger partial charge < -0.3 is 14.7 Å². The molecular weight excluding hydrogens is 432 g/mol. The molecule has 1 saturated heterocycles. The Hall–Kier alpha value is -3.66. The Balaban J connectivity index is 1.55. The van der Waals surface area contributed by atoms with Gasteiger partial charge in [0.2, 0.25) is 5.95 Å². The molecule has 0 unspecified atom stereocenters. The Kier molecular flexibility index (Phi) is 6.74. The van der Waals surface area contributed by atoms with Crippen molar-refractivity contribution in [2.45, 2.75) is 18.5 Å². The molecule has 0 spiro atoms. The summed E-state index contributed by atoms with van der Waals surface area (Å²) in [5, 5.41) is 8.67. The normalized spacial score (nSPS) is 15.3. The third-order valence-electron chi connectivity index (χ3n) is 5.35. The number of ether oxygens (including phenoxy) is 1. The second-order valence-electron chi connectivity index (χ2n) is 7.75. The Labute approximate surface area is 189 Å². The van der Waals surface area contributed by atoms with Crippen molar-refractivity contribution in [2.75, 3.05) is 36.1 Å². The van der Waals surface area contributed by atoms with E-state index in [0.717, 1.165) is 5.69 Å². The highest BCUT2D eigenvalue weighted by molar-refractivity contribution is 5.72. The van der Waals surface area contributed by atoms with Crippen LogP contribution in [0.25, 0.3) is 0 Å². The van der Waals surface area contributed by atoms with Gasteiger partial charge in [-0.15, -0.1) is 0 Å². The number of benzene rings is 1. The second kappa shape index (κ2) is 9.86. The Morgan fingerprint density at radius 1 is 1.06 bits per heavy atom. The lowest BCUT2D eigenvalue weighted by Crippen LogP contribution is -2.45. The van der Waals surface area contributed by atoms with Crippen molar-refractivity contribution in [1.82, 2.24) is 15.0 Å². The minimum absolute atomic E-state index is 0.173. The molecule has 4 rings (SSSR count). The largest absolute Gasteiger partial charge is 0.480 e. The quantitative estimate of drug-likeness (QED) is 0.512. The number of aliphatic carboxylic acids is 1. The van der Waals surface area contributed by atoms with Gasteiger partial charge in [-0.05, 0) is 24.3 Å². The molecule has 0 aliphatic carbocycles. The van der Waals surface area contributed by atoms with Crippen LogP contribution in [0.2, 0.25) is 0 Å². The van der Waals surface area contributed by atoms with Gasteiger partial charge in [-0.25, -0.2) is 19.2 Å². The number of pyridine rings is 1. The standard InChI is InChI=1S/C23H23F2N5O3/c24-18-7-4-8-19(27-18)30(17-5-2-1-3-6-17)21-14-26-13-20(28-21)29-11-9-23(25,10-12-29)16-33-15-22(31)32/h1-8,13-14H,9-12,15-16H2,(H,31,32).